The van der Waals surface area contributed by atoms with Crippen LogP contribution in [0.25, 0.3) is 82.8 Å². The van der Waals surface area contributed by atoms with Gasteiger partial charge < -0.3 is 0 Å². The van der Waals surface area contributed by atoms with Crippen LogP contribution in [-0.4, -0.2) is 10.7 Å². The molecule has 7 aromatic carbocycles. The Morgan fingerprint density at radius 3 is 1.77 bits per heavy atom. The van der Waals surface area contributed by atoms with Crippen LogP contribution in [0.3, 0.4) is 0 Å². The molecule has 2 heterocycles. The summed E-state index contributed by atoms with van der Waals surface area (Å²) in [5.74, 6) is 0.994. The van der Waals surface area contributed by atoms with Crippen LogP contribution < -0.4 is 0 Å². The molecule has 0 saturated heterocycles. The maximum absolute atomic E-state index is 5.17. The summed E-state index contributed by atoms with van der Waals surface area (Å²) in [6, 6.07) is 50.9. The highest BCUT2D eigenvalue weighted by molar-refractivity contribution is 7.99. The van der Waals surface area contributed by atoms with Gasteiger partial charge in [0.05, 0.1) is 11.2 Å². The van der Waals surface area contributed by atoms with Crippen molar-refractivity contribution in [1.29, 1.82) is 0 Å². The molecule has 0 N–H and O–H groups in total. The van der Waals surface area contributed by atoms with Gasteiger partial charge in [0.15, 0.2) is 0 Å². The molecule has 0 aliphatic carbocycles. The van der Waals surface area contributed by atoms with Gasteiger partial charge in [-0.3, -0.25) is 0 Å². The number of rotatable bonds is 3. The Morgan fingerprint density at radius 2 is 1.05 bits per heavy atom. The summed E-state index contributed by atoms with van der Waals surface area (Å²) >= 11 is 1.87. The minimum absolute atomic E-state index is 0.994. The van der Waals surface area contributed by atoms with Crippen molar-refractivity contribution in [2.45, 2.75) is 4.90 Å². The Hall–Kier alpha value is -5.18. The molecule has 206 valence electrons. The standard InChI is InChI=1S/C42H27NS/c1-2-9-32-26-33(22-15-27(32)8-1)40-36-13-5-3-11-34(36)39(35-12-4-6-14-37(35)40)29-18-16-28(17-19-29)38-24-23-30-20-21-31-10-7-25-44-42(31)41(30)43-38/h1-24,26H,25H2. The van der Waals surface area contributed by atoms with E-state index in [-0.39, 0.29) is 0 Å². The van der Waals surface area contributed by atoms with Crippen LogP contribution in [0.15, 0.2) is 150 Å². The van der Waals surface area contributed by atoms with E-state index in [9.17, 15) is 0 Å². The molecule has 8 aromatic rings. The highest BCUT2D eigenvalue weighted by atomic mass is 32.2. The highest BCUT2D eigenvalue weighted by Crippen LogP contribution is 2.44. The van der Waals surface area contributed by atoms with Gasteiger partial charge in [-0.15, -0.1) is 11.8 Å². The fourth-order valence-electron chi connectivity index (χ4n) is 6.83. The van der Waals surface area contributed by atoms with Gasteiger partial charge in [-0.2, -0.15) is 0 Å². The second-order valence-corrected chi connectivity index (χ2v) is 12.5. The predicted molar refractivity (Wildman–Crippen MR) is 190 cm³/mol. The van der Waals surface area contributed by atoms with E-state index >= 15 is 0 Å². The van der Waals surface area contributed by atoms with Crippen LogP contribution in [0.5, 0.6) is 0 Å². The first-order chi connectivity index (χ1) is 21.8. The summed E-state index contributed by atoms with van der Waals surface area (Å²) in [5.41, 5.74) is 9.52. The van der Waals surface area contributed by atoms with E-state index in [2.05, 4.69) is 152 Å². The second-order valence-electron chi connectivity index (χ2n) is 11.4. The third-order valence-corrected chi connectivity index (χ3v) is 9.98. The van der Waals surface area contributed by atoms with Crippen molar-refractivity contribution < 1.29 is 0 Å². The van der Waals surface area contributed by atoms with Gasteiger partial charge in [0, 0.05) is 21.6 Å². The van der Waals surface area contributed by atoms with Gasteiger partial charge in [-0.25, -0.2) is 4.98 Å². The van der Waals surface area contributed by atoms with E-state index in [0.29, 0.717) is 0 Å². The Kier molecular flexibility index (Phi) is 5.89. The normalized spacial score (nSPS) is 12.7. The molecule has 0 bridgehead atoms. The maximum atomic E-state index is 5.17. The van der Waals surface area contributed by atoms with E-state index in [0.717, 1.165) is 22.5 Å². The highest BCUT2D eigenvalue weighted by Gasteiger charge is 2.17. The average molecular weight is 578 g/mol. The molecular formula is C42H27NS. The molecule has 9 rings (SSSR count). The van der Waals surface area contributed by atoms with Gasteiger partial charge in [0.2, 0.25) is 0 Å². The van der Waals surface area contributed by atoms with Gasteiger partial charge in [-0.05, 0) is 72.3 Å². The number of fused-ring (bicyclic) bond motifs is 6. The smallest absolute Gasteiger partial charge is 0.0851 e. The summed E-state index contributed by atoms with van der Waals surface area (Å²) in [6.07, 6.45) is 4.44. The van der Waals surface area contributed by atoms with Crippen molar-refractivity contribution in [1.82, 2.24) is 4.98 Å². The lowest BCUT2D eigenvalue weighted by atomic mass is 9.85. The van der Waals surface area contributed by atoms with Crippen molar-refractivity contribution in [3.63, 3.8) is 0 Å². The number of hydrogen-bond acceptors (Lipinski definition) is 2. The summed E-state index contributed by atoms with van der Waals surface area (Å²) in [6.45, 7) is 0. The molecule has 44 heavy (non-hydrogen) atoms. The summed E-state index contributed by atoms with van der Waals surface area (Å²) < 4.78 is 0. The fourth-order valence-corrected chi connectivity index (χ4v) is 7.79. The zero-order valence-electron chi connectivity index (χ0n) is 24.0. The van der Waals surface area contributed by atoms with Gasteiger partial charge in [-0.1, -0.05) is 140 Å². The first-order valence-electron chi connectivity index (χ1n) is 15.1. The van der Waals surface area contributed by atoms with E-state index < -0.39 is 0 Å². The van der Waals surface area contributed by atoms with E-state index in [1.54, 1.807) is 0 Å². The molecule has 0 unspecified atom stereocenters. The van der Waals surface area contributed by atoms with Crippen LogP contribution in [0.2, 0.25) is 0 Å². The number of hydrogen-bond donors (Lipinski definition) is 0. The second kappa shape index (κ2) is 10.2. The van der Waals surface area contributed by atoms with Crippen LogP contribution in [0, 0.1) is 0 Å². The number of nitrogens with zero attached hydrogens (tertiary/aromatic N) is 1. The topological polar surface area (TPSA) is 12.9 Å². The Labute approximate surface area is 260 Å². The fraction of sp³-hybridized carbons (Fsp3) is 0.0238. The van der Waals surface area contributed by atoms with Crippen LogP contribution in [0.4, 0.5) is 0 Å². The van der Waals surface area contributed by atoms with Crippen LogP contribution >= 0.6 is 11.8 Å². The van der Waals surface area contributed by atoms with E-state index in [4.69, 9.17) is 4.98 Å². The molecule has 1 aliphatic rings. The van der Waals surface area contributed by atoms with Gasteiger partial charge in [0.1, 0.15) is 0 Å². The lowest BCUT2D eigenvalue weighted by molar-refractivity contribution is 1.33. The first kappa shape index (κ1) is 25.3. The van der Waals surface area contributed by atoms with Crippen molar-refractivity contribution in [2.75, 3.05) is 5.75 Å². The third-order valence-electron chi connectivity index (χ3n) is 8.91. The quantitative estimate of drug-likeness (QED) is 0.194. The Bertz CT molecular complexity index is 2380. The minimum Gasteiger partial charge on any atom is -0.247 e. The lowest BCUT2D eigenvalue weighted by Crippen LogP contribution is -1.93. The zero-order valence-corrected chi connectivity index (χ0v) is 24.8. The molecular weight excluding hydrogens is 551 g/mol. The summed E-state index contributed by atoms with van der Waals surface area (Å²) in [4.78, 5) is 6.46. The van der Waals surface area contributed by atoms with Gasteiger partial charge in [0.25, 0.3) is 0 Å². The van der Waals surface area contributed by atoms with E-state index in [1.165, 1.54) is 70.4 Å². The SMILES string of the molecule is C1=Cc2ccc3ccc(-c4ccc(-c5c6ccccc6c(-c6ccc7ccccc7c6)c6ccccc56)cc4)nc3c2SC1. The number of thioether (sulfide) groups is 1. The zero-order chi connectivity index (χ0) is 29.0. The largest absolute Gasteiger partial charge is 0.247 e. The van der Waals surface area contributed by atoms with Crippen LogP contribution in [-0.2, 0) is 0 Å². The summed E-state index contributed by atoms with van der Waals surface area (Å²) in [7, 11) is 0. The Balaban J connectivity index is 1.21. The number of pyridine rings is 1. The Morgan fingerprint density at radius 1 is 0.477 bits per heavy atom. The third kappa shape index (κ3) is 4.06. The molecule has 1 aromatic heterocycles. The molecule has 0 atom stereocenters. The molecule has 0 saturated carbocycles. The monoisotopic (exact) mass is 577 g/mol. The molecule has 0 spiro atoms. The van der Waals surface area contributed by atoms with Crippen molar-refractivity contribution in [2.24, 2.45) is 0 Å². The molecule has 1 aliphatic heterocycles. The molecule has 0 radical (unpaired) electrons. The lowest BCUT2D eigenvalue weighted by Gasteiger charge is -2.18. The number of benzene rings is 7. The minimum atomic E-state index is 0.994. The van der Waals surface area contributed by atoms with Crippen molar-refractivity contribution >= 4 is 61.1 Å². The molecule has 0 amide bonds. The maximum Gasteiger partial charge on any atom is 0.0851 e. The molecule has 2 heteroatoms. The van der Waals surface area contributed by atoms with E-state index in [1.807, 2.05) is 11.8 Å². The first-order valence-corrected chi connectivity index (χ1v) is 16.1. The molecule has 0 fully saturated rings. The predicted octanol–water partition coefficient (Wildman–Crippen LogP) is 11.8. The van der Waals surface area contributed by atoms with Crippen LogP contribution in [0.1, 0.15) is 5.56 Å². The van der Waals surface area contributed by atoms with Gasteiger partial charge >= 0.3 is 0 Å². The van der Waals surface area contributed by atoms with Crippen molar-refractivity contribution in [3.05, 3.63) is 151 Å². The molecule has 1 nitrogen and oxygen atoms in total. The summed E-state index contributed by atoms with van der Waals surface area (Å²) in [5, 5.41) is 8.79. The van der Waals surface area contributed by atoms with Crippen molar-refractivity contribution in [3.8, 4) is 33.5 Å². The number of aromatic nitrogens is 1. The average Bonchev–Trinajstić information content (AvgIpc) is 3.10.